The molecule has 0 N–H and O–H groups in total. The van der Waals surface area contributed by atoms with E-state index in [-0.39, 0.29) is 29.4 Å². The Hall–Kier alpha value is -3.69. The number of aromatic nitrogens is 4. The van der Waals surface area contributed by atoms with E-state index < -0.39 is 29.0 Å². The number of rotatable bonds is 5. The lowest BCUT2D eigenvalue weighted by molar-refractivity contribution is -0.119. The van der Waals surface area contributed by atoms with Crippen LogP contribution in [0.15, 0.2) is 30.6 Å². The maximum absolute atomic E-state index is 14.1. The number of thioether (sulfide) groups is 1. The zero-order valence-electron chi connectivity index (χ0n) is 18.5. The van der Waals surface area contributed by atoms with Gasteiger partial charge in [-0.1, -0.05) is 16.8 Å². The zero-order valence-corrected chi connectivity index (χ0v) is 20.0. The number of carbonyl (C=O) groups excluding carboxylic acids is 2. The molecule has 4 heterocycles. The molecule has 1 aromatic carbocycles. The van der Waals surface area contributed by atoms with Crippen LogP contribution >= 0.6 is 23.4 Å². The third-order valence-electron chi connectivity index (χ3n) is 5.85. The van der Waals surface area contributed by atoms with E-state index in [0.29, 0.717) is 21.5 Å². The van der Waals surface area contributed by atoms with Crippen molar-refractivity contribution >= 4 is 56.9 Å². The highest BCUT2D eigenvalue weighted by Gasteiger charge is 2.50. The molecule has 5 rings (SSSR count). The summed E-state index contributed by atoms with van der Waals surface area (Å²) >= 11 is 7.54. The minimum absolute atomic E-state index is 0.00704. The smallest absolute Gasteiger partial charge is 0.332 e. The number of amides is 3. The lowest BCUT2D eigenvalue weighted by Crippen LogP contribution is -2.62. The molecule has 0 spiro atoms. The van der Waals surface area contributed by atoms with Crippen LogP contribution in [-0.4, -0.2) is 61.8 Å². The summed E-state index contributed by atoms with van der Waals surface area (Å²) in [6, 6.07) is 3.45. The normalized spacial score (nSPS) is 19.7. The highest BCUT2D eigenvalue weighted by Crippen LogP contribution is 2.48. The maximum Gasteiger partial charge on any atom is 0.332 e. The van der Waals surface area contributed by atoms with E-state index in [4.69, 9.17) is 16.3 Å². The van der Waals surface area contributed by atoms with Crippen LogP contribution in [0.4, 0.5) is 14.9 Å². The topological polar surface area (TPSA) is 117 Å². The van der Waals surface area contributed by atoms with E-state index in [1.165, 1.54) is 46.9 Å². The SMILES string of the molecule is COc1cc(C2=CC3C(S2)C(=O)N(c2cncc4nnn(C)c24)C(=O)N3CCC#N)c(Cl)cc1F. The summed E-state index contributed by atoms with van der Waals surface area (Å²) in [5, 5.41) is 16.6. The molecular weight excluding hydrogens is 497 g/mol. The first-order valence-electron chi connectivity index (χ1n) is 10.4. The van der Waals surface area contributed by atoms with Gasteiger partial charge in [-0.2, -0.15) is 5.26 Å². The van der Waals surface area contributed by atoms with Gasteiger partial charge >= 0.3 is 6.03 Å². The van der Waals surface area contributed by atoms with Crippen LogP contribution in [-0.2, 0) is 11.8 Å². The molecule has 35 heavy (non-hydrogen) atoms. The predicted octanol–water partition coefficient (Wildman–Crippen LogP) is 3.37. The molecule has 10 nitrogen and oxygen atoms in total. The summed E-state index contributed by atoms with van der Waals surface area (Å²) in [7, 11) is 3.00. The van der Waals surface area contributed by atoms with E-state index in [1.54, 1.807) is 13.1 Å². The van der Waals surface area contributed by atoms with Gasteiger partial charge in [-0.3, -0.25) is 9.78 Å². The van der Waals surface area contributed by atoms with Crippen LogP contribution in [0.25, 0.3) is 15.9 Å². The number of fused-ring (bicyclic) bond motifs is 2. The quantitative estimate of drug-likeness (QED) is 0.509. The molecule has 0 radical (unpaired) electrons. The van der Waals surface area contributed by atoms with Gasteiger partial charge in [-0.25, -0.2) is 18.8 Å². The number of nitriles is 1. The van der Waals surface area contributed by atoms with Gasteiger partial charge in [0.1, 0.15) is 16.3 Å². The third kappa shape index (κ3) is 3.67. The molecule has 2 aliphatic rings. The first kappa shape index (κ1) is 23.1. The van der Waals surface area contributed by atoms with Crippen molar-refractivity contribution in [2.75, 3.05) is 18.6 Å². The van der Waals surface area contributed by atoms with Crippen molar-refractivity contribution in [3.63, 3.8) is 0 Å². The lowest BCUT2D eigenvalue weighted by Gasteiger charge is -2.40. The van der Waals surface area contributed by atoms with Crippen LogP contribution in [0.1, 0.15) is 12.0 Å². The molecule has 3 amide bonds. The summed E-state index contributed by atoms with van der Waals surface area (Å²) in [4.78, 5) is 34.6. The van der Waals surface area contributed by atoms with Crippen molar-refractivity contribution in [3.8, 4) is 11.8 Å². The minimum Gasteiger partial charge on any atom is -0.494 e. The summed E-state index contributed by atoms with van der Waals surface area (Å²) in [5.74, 6) is -1.06. The zero-order chi connectivity index (χ0) is 24.9. The number of aryl methyl sites for hydroxylation is 1. The first-order valence-corrected chi connectivity index (χ1v) is 11.7. The second kappa shape index (κ2) is 8.83. The van der Waals surface area contributed by atoms with Crippen molar-refractivity contribution in [3.05, 3.63) is 47.0 Å². The first-order chi connectivity index (χ1) is 16.8. The number of urea groups is 1. The molecule has 178 valence electrons. The van der Waals surface area contributed by atoms with Crippen LogP contribution in [0.5, 0.6) is 5.75 Å². The molecule has 0 bridgehead atoms. The summed E-state index contributed by atoms with van der Waals surface area (Å²) in [6.45, 7) is 0.109. The van der Waals surface area contributed by atoms with Gasteiger partial charge in [0, 0.05) is 24.1 Å². The molecule has 1 fully saturated rings. The molecule has 3 aromatic rings. The molecule has 2 aromatic heterocycles. The predicted molar refractivity (Wildman–Crippen MR) is 127 cm³/mol. The van der Waals surface area contributed by atoms with Crippen LogP contribution in [0.3, 0.4) is 0 Å². The van der Waals surface area contributed by atoms with Crippen molar-refractivity contribution in [1.82, 2.24) is 24.9 Å². The van der Waals surface area contributed by atoms with Crippen LogP contribution in [0, 0.1) is 17.1 Å². The van der Waals surface area contributed by atoms with Crippen molar-refractivity contribution in [2.45, 2.75) is 17.7 Å². The van der Waals surface area contributed by atoms with E-state index in [0.717, 1.165) is 11.0 Å². The standard InChI is InChI=1S/C22H17ClFN7O3S/c1-29-19-14(27-28-29)9-26-10-16(19)31-21(32)20-15(30(22(31)33)5-3-4-25)8-18(35-20)11-6-17(34-2)13(24)7-12(11)23/h6-10,15,20H,3,5H2,1-2H3. The Morgan fingerprint density at radius 3 is 2.86 bits per heavy atom. The summed E-state index contributed by atoms with van der Waals surface area (Å²) in [6.07, 6.45) is 4.74. The molecule has 1 saturated heterocycles. The Balaban J connectivity index is 1.59. The number of anilines is 1. The average molecular weight is 514 g/mol. The van der Waals surface area contributed by atoms with Gasteiger partial charge in [0.2, 0.25) is 0 Å². The van der Waals surface area contributed by atoms with E-state index in [9.17, 15) is 19.2 Å². The van der Waals surface area contributed by atoms with Gasteiger partial charge in [-0.05, 0) is 18.2 Å². The highest BCUT2D eigenvalue weighted by molar-refractivity contribution is 8.09. The second-order valence-electron chi connectivity index (χ2n) is 7.82. The van der Waals surface area contributed by atoms with E-state index in [1.807, 2.05) is 6.07 Å². The molecule has 2 aliphatic heterocycles. The molecule has 2 atom stereocenters. The van der Waals surface area contributed by atoms with Crippen LogP contribution < -0.4 is 9.64 Å². The third-order valence-corrected chi connectivity index (χ3v) is 7.51. The van der Waals surface area contributed by atoms with E-state index in [2.05, 4.69) is 15.3 Å². The van der Waals surface area contributed by atoms with E-state index >= 15 is 0 Å². The molecule has 13 heteroatoms. The molecule has 0 saturated carbocycles. The number of hydrogen-bond acceptors (Lipinski definition) is 8. The van der Waals surface area contributed by atoms with Crippen LogP contribution in [0.2, 0.25) is 5.02 Å². The number of pyridine rings is 1. The number of hydrogen-bond donors (Lipinski definition) is 0. The molecule has 0 aliphatic carbocycles. The summed E-state index contributed by atoms with van der Waals surface area (Å²) < 4.78 is 20.7. The number of halogens is 2. The van der Waals surface area contributed by atoms with Crippen molar-refractivity contribution < 1.29 is 18.7 Å². The Morgan fingerprint density at radius 2 is 2.11 bits per heavy atom. The maximum atomic E-state index is 14.1. The Labute approximate surface area is 207 Å². The molecule has 2 unspecified atom stereocenters. The number of benzene rings is 1. The largest absolute Gasteiger partial charge is 0.494 e. The van der Waals surface area contributed by atoms with Crippen molar-refractivity contribution in [1.29, 1.82) is 5.26 Å². The minimum atomic E-state index is -0.718. The van der Waals surface area contributed by atoms with Gasteiger partial charge in [-0.15, -0.1) is 16.9 Å². The second-order valence-corrected chi connectivity index (χ2v) is 9.41. The number of imide groups is 1. The van der Waals surface area contributed by atoms with Gasteiger partial charge in [0.25, 0.3) is 5.91 Å². The number of ether oxygens (including phenoxy) is 1. The number of carbonyl (C=O) groups is 2. The number of methoxy groups -OCH3 is 1. The van der Waals surface area contributed by atoms with Gasteiger partial charge in [0.05, 0.1) is 48.7 Å². The van der Waals surface area contributed by atoms with Crippen molar-refractivity contribution in [2.24, 2.45) is 7.05 Å². The fraction of sp³-hybridized carbons (Fsp3) is 0.273. The highest BCUT2D eigenvalue weighted by atomic mass is 35.5. The molecular formula is C22H17ClFN7O3S. The monoisotopic (exact) mass is 513 g/mol. The lowest BCUT2D eigenvalue weighted by atomic mass is 10.0. The Kier molecular flexibility index (Phi) is 5.82. The Bertz CT molecular complexity index is 1450. The fourth-order valence-electron chi connectivity index (χ4n) is 4.24. The average Bonchev–Trinajstić information content (AvgIpc) is 3.44. The summed E-state index contributed by atoms with van der Waals surface area (Å²) in [5.41, 5.74) is 1.64. The number of nitrogens with zero attached hydrogens (tertiary/aromatic N) is 7. The fourth-order valence-corrected chi connectivity index (χ4v) is 5.91. The Morgan fingerprint density at radius 1 is 1.31 bits per heavy atom. The van der Waals surface area contributed by atoms with Gasteiger partial charge in [0.15, 0.2) is 11.6 Å². The van der Waals surface area contributed by atoms with Gasteiger partial charge < -0.3 is 9.64 Å².